The first-order chi connectivity index (χ1) is 13.0. The predicted octanol–water partition coefficient (Wildman–Crippen LogP) is 3.57. The zero-order valence-corrected chi connectivity index (χ0v) is 15.5. The molecular weight excluding hydrogens is 364 g/mol. The lowest BCUT2D eigenvalue weighted by atomic mass is 10.1. The standard InChI is InChI=1S/C19H16N4O3S/c1-11-7-13(26-22-11)8-23-9-15(14-5-3-4-6-16(14)23)17(24)18(25)21-19-20-12(2)10-27-19/h3-7,9-10H,8H2,1-2H3,(H,20,21,25). The molecule has 0 unspecified atom stereocenters. The summed E-state index contributed by atoms with van der Waals surface area (Å²) in [4.78, 5) is 29.3. The maximum absolute atomic E-state index is 12.8. The Kier molecular flexibility index (Phi) is 4.33. The number of hydrogen-bond acceptors (Lipinski definition) is 6. The number of aryl methyl sites for hydroxylation is 2. The number of ketones is 1. The number of benzene rings is 1. The lowest BCUT2D eigenvalue weighted by Crippen LogP contribution is -2.22. The average Bonchev–Trinajstić information content (AvgIpc) is 3.35. The van der Waals surface area contributed by atoms with Gasteiger partial charge < -0.3 is 9.09 Å². The number of nitrogens with one attached hydrogen (secondary N) is 1. The van der Waals surface area contributed by atoms with Gasteiger partial charge in [0.05, 0.1) is 23.5 Å². The first kappa shape index (κ1) is 17.2. The molecular formula is C19H16N4O3S. The summed E-state index contributed by atoms with van der Waals surface area (Å²) >= 11 is 1.28. The number of carbonyl (C=O) groups is 2. The molecule has 0 aliphatic heterocycles. The highest BCUT2D eigenvalue weighted by Crippen LogP contribution is 2.24. The molecule has 27 heavy (non-hydrogen) atoms. The second kappa shape index (κ2) is 6.81. The summed E-state index contributed by atoms with van der Waals surface area (Å²) in [6.45, 7) is 4.09. The maximum atomic E-state index is 12.8. The fraction of sp³-hybridized carbons (Fsp3) is 0.158. The molecule has 0 radical (unpaired) electrons. The highest BCUT2D eigenvalue weighted by atomic mass is 32.1. The normalized spacial score (nSPS) is 11.0. The van der Waals surface area contributed by atoms with E-state index in [9.17, 15) is 9.59 Å². The van der Waals surface area contributed by atoms with Crippen LogP contribution in [0.1, 0.15) is 27.5 Å². The van der Waals surface area contributed by atoms with Gasteiger partial charge in [-0.3, -0.25) is 14.9 Å². The molecule has 4 aromatic rings. The van der Waals surface area contributed by atoms with Crippen LogP contribution in [0.5, 0.6) is 0 Å². The van der Waals surface area contributed by atoms with Crippen LogP contribution in [0.2, 0.25) is 0 Å². The molecule has 0 aliphatic rings. The summed E-state index contributed by atoms with van der Waals surface area (Å²) in [5.41, 5.74) is 2.76. The van der Waals surface area contributed by atoms with Crippen molar-refractivity contribution in [3.05, 3.63) is 64.6 Å². The second-order valence-electron chi connectivity index (χ2n) is 6.20. The van der Waals surface area contributed by atoms with Gasteiger partial charge in [-0.2, -0.15) is 0 Å². The van der Waals surface area contributed by atoms with E-state index in [1.165, 1.54) is 11.3 Å². The Morgan fingerprint density at radius 3 is 2.74 bits per heavy atom. The van der Waals surface area contributed by atoms with E-state index < -0.39 is 11.7 Å². The summed E-state index contributed by atoms with van der Waals surface area (Å²) in [5.74, 6) is -0.635. The number of fused-ring (bicyclic) bond motifs is 1. The Morgan fingerprint density at radius 2 is 2.04 bits per heavy atom. The number of amides is 1. The van der Waals surface area contributed by atoms with Crippen LogP contribution in [0.15, 0.2) is 46.4 Å². The van der Waals surface area contributed by atoms with Crippen molar-refractivity contribution in [3.8, 4) is 0 Å². The fourth-order valence-corrected chi connectivity index (χ4v) is 3.59. The topological polar surface area (TPSA) is 90.0 Å². The van der Waals surface area contributed by atoms with Crippen molar-refractivity contribution in [2.45, 2.75) is 20.4 Å². The van der Waals surface area contributed by atoms with Gasteiger partial charge in [0, 0.05) is 28.5 Å². The molecule has 1 N–H and O–H groups in total. The summed E-state index contributed by atoms with van der Waals surface area (Å²) in [6, 6.07) is 9.29. The number of rotatable bonds is 5. The third-order valence-corrected chi connectivity index (χ3v) is 4.96. The second-order valence-corrected chi connectivity index (χ2v) is 7.06. The molecule has 3 aromatic heterocycles. The van der Waals surface area contributed by atoms with Gasteiger partial charge >= 0.3 is 0 Å². The number of para-hydroxylation sites is 1. The Balaban J connectivity index is 1.66. The molecule has 136 valence electrons. The number of anilines is 1. The van der Waals surface area contributed by atoms with Gasteiger partial charge in [-0.15, -0.1) is 11.3 Å². The zero-order chi connectivity index (χ0) is 19.0. The number of Topliss-reactive ketones (excluding diaryl/α,β-unsaturated/α-hetero) is 1. The van der Waals surface area contributed by atoms with Crippen LogP contribution in [-0.4, -0.2) is 26.4 Å². The Labute approximate surface area is 158 Å². The number of carbonyl (C=O) groups excluding carboxylic acids is 2. The van der Waals surface area contributed by atoms with Crippen LogP contribution in [0.4, 0.5) is 5.13 Å². The van der Waals surface area contributed by atoms with Gasteiger partial charge in [0.25, 0.3) is 11.7 Å². The van der Waals surface area contributed by atoms with Gasteiger partial charge in [-0.1, -0.05) is 23.4 Å². The minimum Gasteiger partial charge on any atom is -0.359 e. The van der Waals surface area contributed by atoms with Gasteiger partial charge in [0.15, 0.2) is 10.9 Å². The van der Waals surface area contributed by atoms with E-state index in [0.717, 1.165) is 16.9 Å². The molecule has 0 aliphatic carbocycles. The molecule has 3 heterocycles. The van der Waals surface area contributed by atoms with E-state index in [2.05, 4.69) is 15.5 Å². The predicted molar refractivity (Wildman–Crippen MR) is 102 cm³/mol. The minimum absolute atomic E-state index is 0.340. The van der Waals surface area contributed by atoms with Crippen molar-refractivity contribution >= 4 is 39.1 Å². The first-order valence-corrected chi connectivity index (χ1v) is 9.17. The van der Waals surface area contributed by atoms with E-state index in [1.54, 1.807) is 6.20 Å². The van der Waals surface area contributed by atoms with Crippen LogP contribution >= 0.6 is 11.3 Å². The minimum atomic E-state index is -0.706. The third-order valence-electron chi connectivity index (χ3n) is 4.08. The highest BCUT2D eigenvalue weighted by molar-refractivity contribution is 7.14. The van der Waals surface area contributed by atoms with E-state index in [0.29, 0.717) is 28.4 Å². The summed E-state index contributed by atoms with van der Waals surface area (Å²) in [5, 5.41) is 9.39. The van der Waals surface area contributed by atoms with Crippen LogP contribution < -0.4 is 5.32 Å². The van der Waals surface area contributed by atoms with Gasteiger partial charge in [-0.25, -0.2) is 4.98 Å². The number of thiazole rings is 1. The third kappa shape index (κ3) is 3.39. The molecule has 0 fully saturated rings. The van der Waals surface area contributed by atoms with Crippen LogP contribution in [0.25, 0.3) is 10.9 Å². The van der Waals surface area contributed by atoms with Gasteiger partial charge in [-0.05, 0) is 19.9 Å². The fourth-order valence-electron chi connectivity index (χ4n) is 2.90. The molecule has 1 aromatic carbocycles. The lowest BCUT2D eigenvalue weighted by molar-refractivity contribution is -0.112. The number of aromatic nitrogens is 3. The summed E-state index contributed by atoms with van der Waals surface area (Å²) in [7, 11) is 0. The maximum Gasteiger partial charge on any atom is 0.298 e. The molecule has 0 spiro atoms. The SMILES string of the molecule is Cc1cc(Cn2cc(C(=O)C(=O)Nc3nc(C)cs3)c3ccccc32)on1. The van der Waals surface area contributed by atoms with Gasteiger partial charge in [0.1, 0.15) is 0 Å². The van der Waals surface area contributed by atoms with Crippen molar-refractivity contribution in [3.63, 3.8) is 0 Å². The zero-order valence-electron chi connectivity index (χ0n) is 14.7. The Bertz CT molecular complexity index is 1150. The number of hydrogen-bond donors (Lipinski definition) is 1. The average molecular weight is 380 g/mol. The van der Waals surface area contributed by atoms with Crippen LogP contribution in [0.3, 0.4) is 0 Å². The molecule has 4 rings (SSSR count). The van der Waals surface area contributed by atoms with Crippen molar-refractivity contribution in [2.24, 2.45) is 0 Å². The highest BCUT2D eigenvalue weighted by Gasteiger charge is 2.22. The molecule has 0 atom stereocenters. The van der Waals surface area contributed by atoms with Crippen molar-refractivity contribution in [1.29, 1.82) is 0 Å². The Morgan fingerprint density at radius 1 is 1.22 bits per heavy atom. The first-order valence-electron chi connectivity index (χ1n) is 8.29. The van der Waals surface area contributed by atoms with Crippen molar-refractivity contribution in [1.82, 2.24) is 14.7 Å². The van der Waals surface area contributed by atoms with E-state index >= 15 is 0 Å². The van der Waals surface area contributed by atoms with E-state index in [1.807, 2.05) is 54.1 Å². The van der Waals surface area contributed by atoms with Crippen molar-refractivity contribution in [2.75, 3.05) is 5.32 Å². The molecule has 0 bridgehead atoms. The molecule has 0 saturated heterocycles. The van der Waals surface area contributed by atoms with E-state index in [4.69, 9.17) is 4.52 Å². The Hall–Kier alpha value is -3.26. The summed E-state index contributed by atoms with van der Waals surface area (Å²) in [6.07, 6.45) is 1.68. The lowest BCUT2D eigenvalue weighted by Gasteiger charge is -2.01. The molecule has 8 heteroatoms. The monoisotopic (exact) mass is 380 g/mol. The van der Waals surface area contributed by atoms with Crippen LogP contribution in [-0.2, 0) is 11.3 Å². The molecule has 0 saturated carbocycles. The van der Waals surface area contributed by atoms with Gasteiger partial charge in [0.2, 0.25) is 0 Å². The number of nitrogens with zero attached hydrogens (tertiary/aromatic N) is 3. The smallest absolute Gasteiger partial charge is 0.298 e. The quantitative estimate of drug-likeness (QED) is 0.422. The van der Waals surface area contributed by atoms with Crippen molar-refractivity contribution < 1.29 is 14.1 Å². The molecule has 7 nitrogen and oxygen atoms in total. The molecule has 1 amide bonds. The largest absolute Gasteiger partial charge is 0.359 e. The summed E-state index contributed by atoms with van der Waals surface area (Å²) < 4.78 is 7.15. The van der Waals surface area contributed by atoms with Crippen LogP contribution in [0, 0.1) is 13.8 Å². The van der Waals surface area contributed by atoms with E-state index in [-0.39, 0.29) is 0 Å².